The highest BCUT2D eigenvalue weighted by Crippen LogP contribution is 2.41. The van der Waals surface area contributed by atoms with E-state index < -0.39 is 35.2 Å². The van der Waals surface area contributed by atoms with Crippen LogP contribution in [0.3, 0.4) is 0 Å². The van der Waals surface area contributed by atoms with Crippen LogP contribution in [0, 0.1) is 0 Å². The van der Waals surface area contributed by atoms with Crippen LogP contribution in [0.2, 0.25) is 0 Å². The van der Waals surface area contributed by atoms with Gasteiger partial charge >= 0.3 is 18.0 Å². The molecule has 3 aromatic rings. The van der Waals surface area contributed by atoms with Gasteiger partial charge in [-0.1, -0.05) is 47.6 Å². The Morgan fingerprint density at radius 2 is 1.50 bits per heavy atom. The van der Waals surface area contributed by atoms with Crippen LogP contribution in [-0.2, 0) is 12.1 Å². The standard InChI is InChI=1S/C17H11F5N2O2/c18-16(19,13(25)10-6-8-12(9-7-10)17(20,21)22)15-23-14(24-26-15)11-4-2-1-3-5-11/h1-9,13,25H. The third kappa shape index (κ3) is 3.43. The predicted molar refractivity (Wildman–Crippen MR) is 80.0 cm³/mol. The summed E-state index contributed by atoms with van der Waals surface area (Å²) in [5.74, 6) is -5.22. The van der Waals surface area contributed by atoms with Crippen LogP contribution in [0.1, 0.15) is 23.1 Å². The summed E-state index contributed by atoms with van der Waals surface area (Å²) < 4.78 is 71.0. The number of aromatic nitrogens is 2. The Bertz CT molecular complexity index is 876. The van der Waals surface area contributed by atoms with Gasteiger partial charge in [0.2, 0.25) is 5.82 Å². The van der Waals surface area contributed by atoms with Crippen LogP contribution in [0.15, 0.2) is 59.1 Å². The first-order valence-corrected chi connectivity index (χ1v) is 7.32. The number of rotatable bonds is 4. The van der Waals surface area contributed by atoms with E-state index in [-0.39, 0.29) is 5.82 Å². The molecular formula is C17H11F5N2O2. The maximum Gasteiger partial charge on any atom is 0.416 e. The van der Waals surface area contributed by atoms with E-state index in [2.05, 4.69) is 14.7 Å². The normalized spacial score (nSPS) is 13.6. The highest BCUT2D eigenvalue weighted by atomic mass is 19.4. The molecule has 2 aromatic carbocycles. The van der Waals surface area contributed by atoms with E-state index in [1.54, 1.807) is 30.3 Å². The average molecular weight is 370 g/mol. The van der Waals surface area contributed by atoms with Crippen molar-refractivity contribution in [2.45, 2.75) is 18.2 Å². The summed E-state index contributed by atoms with van der Waals surface area (Å²) in [5, 5.41) is 13.4. The summed E-state index contributed by atoms with van der Waals surface area (Å²) in [4.78, 5) is 3.59. The third-order valence-electron chi connectivity index (χ3n) is 3.64. The maximum atomic E-state index is 14.4. The summed E-state index contributed by atoms with van der Waals surface area (Å²) in [6, 6.07) is 11.0. The quantitative estimate of drug-likeness (QED) is 0.683. The first kappa shape index (κ1) is 18.0. The zero-order valence-electron chi connectivity index (χ0n) is 12.9. The molecular weight excluding hydrogens is 359 g/mol. The zero-order chi connectivity index (χ0) is 18.9. The predicted octanol–water partition coefficient (Wildman–Crippen LogP) is 4.58. The summed E-state index contributed by atoms with van der Waals surface area (Å²) in [6.45, 7) is 0. The summed E-state index contributed by atoms with van der Waals surface area (Å²) in [7, 11) is 0. The second-order valence-electron chi connectivity index (χ2n) is 5.43. The minimum atomic E-state index is -4.61. The SMILES string of the molecule is OC(c1ccc(C(F)(F)F)cc1)C(F)(F)c1nc(-c2ccccc2)no1. The van der Waals surface area contributed by atoms with Crippen LogP contribution in [0.5, 0.6) is 0 Å². The fourth-order valence-corrected chi connectivity index (χ4v) is 2.24. The Morgan fingerprint density at radius 3 is 2.08 bits per heavy atom. The molecule has 0 fully saturated rings. The van der Waals surface area contributed by atoms with Crippen molar-refractivity contribution in [1.29, 1.82) is 0 Å². The molecule has 0 radical (unpaired) electrons. The van der Waals surface area contributed by atoms with Crippen LogP contribution in [0.4, 0.5) is 22.0 Å². The molecule has 1 aromatic heterocycles. The molecule has 3 rings (SSSR count). The van der Waals surface area contributed by atoms with Gasteiger partial charge in [0, 0.05) is 5.56 Å². The molecule has 0 aliphatic carbocycles. The van der Waals surface area contributed by atoms with Gasteiger partial charge in [0.05, 0.1) is 5.56 Å². The van der Waals surface area contributed by atoms with Gasteiger partial charge in [-0.2, -0.15) is 26.9 Å². The van der Waals surface area contributed by atoms with Crippen molar-refractivity contribution in [3.63, 3.8) is 0 Å². The molecule has 0 bridgehead atoms. The van der Waals surface area contributed by atoms with Gasteiger partial charge < -0.3 is 9.63 Å². The Kier molecular flexibility index (Phi) is 4.49. The van der Waals surface area contributed by atoms with Gasteiger partial charge in [0.25, 0.3) is 0 Å². The molecule has 1 unspecified atom stereocenters. The summed E-state index contributed by atoms with van der Waals surface area (Å²) in [6.07, 6.45) is -7.06. The molecule has 0 spiro atoms. The zero-order valence-corrected chi connectivity index (χ0v) is 12.9. The van der Waals surface area contributed by atoms with Gasteiger partial charge in [-0.25, -0.2) is 0 Å². The molecule has 1 N–H and O–H groups in total. The summed E-state index contributed by atoms with van der Waals surface area (Å²) >= 11 is 0. The number of benzene rings is 2. The highest BCUT2D eigenvalue weighted by Gasteiger charge is 2.47. The second kappa shape index (κ2) is 6.49. The van der Waals surface area contributed by atoms with E-state index in [4.69, 9.17) is 0 Å². The number of aliphatic hydroxyl groups excluding tert-OH is 1. The number of hydrogen-bond donors (Lipinski definition) is 1. The van der Waals surface area contributed by atoms with E-state index in [0.717, 1.165) is 12.1 Å². The van der Waals surface area contributed by atoms with Crippen molar-refractivity contribution in [1.82, 2.24) is 10.1 Å². The molecule has 1 heterocycles. The van der Waals surface area contributed by atoms with E-state index in [1.165, 1.54) is 0 Å². The van der Waals surface area contributed by atoms with Gasteiger partial charge in [0.1, 0.15) is 0 Å². The van der Waals surface area contributed by atoms with E-state index in [0.29, 0.717) is 17.7 Å². The molecule has 26 heavy (non-hydrogen) atoms. The van der Waals surface area contributed by atoms with Crippen LogP contribution >= 0.6 is 0 Å². The van der Waals surface area contributed by atoms with Crippen molar-refractivity contribution in [2.24, 2.45) is 0 Å². The van der Waals surface area contributed by atoms with E-state index in [1.807, 2.05) is 0 Å². The lowest BCUT2D eigenvalue weighted by Gasteiger charge is -2.19. The minimum Gasteiger partial charge on any atom is -0.381 e. The Labute approximate surface area is 143 Å². The van der Waals surface area contributed by atoms with Crippen LogP contribution < -0.4 is 0 Å². The van der Waals surface area contributed by atoms with Crippen molar-refractivity contribution in [3.05, 3.63) is 71.6 Å². The number of nitrogens with zero attached hydrogens (tertiary/aromatic N) is 2. The van der Waals surface area contributed by atoms with Crippen molar-refractivity contribution in [2.75, 3.05) is 0 Å². The first-order chi connectivity index (χ1) is 12.2. The lowest BCUT2D eigenvalue weighted by atomic mass is 10.0. The number of aliphatic hydroxyl groups is 1. The minimum absolute atomic E-state index is 0.0973. The fourth-order valence-electron chi connectivity index (χ4n) is 2.24. The molecule has 0 aliphatic heterocycles. The second-order valence-corrected chi connectivity index (χ2v) is 5.43. The number of alkyl halides is 5. The largest absolute Gasteiger partial charge is 0.416 e. The lowest BCUT2D eigenvalue weighted by Crippen LogP contribution is -2.24. The monoisotopic (exact) mass is 370 g/mol. The Hall–Kier alpha value is -2.81. The van der Waals surface area contributed by atoms with E-state index in [9.17, 15) is 27.1 Å². The summed E-state index contributed by atoms with van der Waals surface area (Å²) in [5.41, 5.74) is -0.995. The number of hydrogen-bond acceptors (Lipinski definition) is 4. The fraction of sp³-hybridized carbons (Fsp3) is 0.176. The van der Waals surface area contributed by atoms with Crippen molar-refractivity contribution >= 4 is 0 Å². The molecule has 1 atom stereocenters. The van der Waals surface area contributed by atoms with E-state index >= 15 is 0 Å². The van der Waals surface area contributed by atoms with Gasteiger partial charge in [0.15, 0.2) is 6.10 Å². The smallest absolute Gasteiger partial charge is 0.381 e. The molecule has 0 saturated heterocycles. The van der Waals surface area contributed by atoms with Gasteiger partial charge in [-0.3, -0.25) is 0 Å². The first-order valence-electron chi connectivity index (χ1n) is 7.32. The number of halogens is 5. The third-order valence-corrected chi connectivity index (χ3v) is 3.64. The molecule has 9 heteroatoms. The topological polar surface area (TPSA) is 59.2 Å². The molecule has 4 nitrogen and oxygen atoms in total. The van der Waals surface area contributed by atoms with Crippen LogP contribution in [0.25, 0.3) is 11.4 Å². The molecule has 0 amide bonds. The Balaban J connectivity index is 1.87. The van der Waals surface area contributed by atoms with Crippen molar-refractivity contribution in [3.8, 4) is 11.4 Å². The maximum absolute atomic E-state index is 14.4. The van der Waals surface area contributed by atoms with Gasteiger partial charge in [-0.15, -0.1) is 0 Å². The van der Waals surface area contributed by atoms with Crippen molar-refractivity contribution < 1.29 is 31.6 Å². The van der Waals surface area contributed by atoms with Crippen LogP contribution in [-0.4, -0.2) is 15.2 Å². The van der Waals surface area contributed by atoms with Gasteiger partial charge in [-0.05, 0) is 17.7 Å². The Morgan fingerprint density at radius 1 is 0.885 bits per heavy atom. The molecule has 0 aliphatic rings. The average Bonchev–Trinajstić information content (AvgIpc) is 3.12. The molecule has 136 valence electrons. The highest BCUT2D eigenvalue weighted by molar-refractivity contribution is 5.53. The molecule has 0 saturated carbocycles. The lowest BCUT2D eigenvalue weighted by molar-refractivity contribution is -0.139.